The van der Waals surface area contributed by atoms with Gasteiger partial charge < -0.3 is 39.4 Å². The molecule has 6 N–H and O–H groups in total. The highest BCUT2D eigenvalue weighted by atomic mass is 32.2. The number of aromatic nitrogens is 4. The van der Waals surface area contributed by atoms with Crippen LogP contribution < -0.4 is 16.1 Å². The third-order valence-electron chi connectivity index (χ3n) is 6.12. The van der Waals surface area contributed by atoms with Crippen LogP contribution in [0.2, 0.25) is 0 Å². The minimum absolute atomic E-state index is 0.00656. The lowest BCUT2D eigenvalue weighted by atomic mass is 10.0. The highest BCUT2D eigenvalue weighted by Crippen LogP contribution is 2.23. The van der Waals surface area contributed by atoms with Crippen LogP contribution in [0.4, 0.5) is 16.6 Å². The number of rotatable bonds is 16. The van der Waals surface area contributed by atoms with Gasteiger partial charge >= 0.3 is 11.8 Å². The Hall–Kier alpha value is -3.44. The van der Waals surface area contributed by atoms with Crippen molar-refractivity contribution in [1.29, 1.82) is 0 Å². The molecule has 2 atom stereocenters. The molecule has 3 rings (SSSR count). The van der Waals surface area contributed by atoms with Gasteiger partial charge in [-0.2, -0.15) is 4.98 Å². The van der Waals surface area contributed by atoms with Gasteiger partial charge in [0.05, 0.1) is 37.3 Å². The van der Waals surface area contributed by atoms with E-state index in [4.69, 9.17) is 34.8 Å². The number of amides is 1. The molecule has 3 aromatic rings. The summed E-state index contributed by atoms with van der Waals surface area (Å²) in [6, 6.07) is 9.44. The standard InChI is InChI=1S/C15H18N4O3S.C12H22N3O6P/c1-10(2)11-4-6-13(7-5-11)23-18-15(20)22-9-12-8-16-14(17-21)19(12)3;1-9(3-5-16)20-7-10(21-8-22(18)19)6-15-4-2-11(13)14-12(15)17/h4-8,10H,9H2,1-3H3,(H,18,20);2,4,9-10,16,18-19H,3,5-8H2,1H3,(H2,13,14,17). The number of nitrogen functional groups attached to an aromatic ring is 1. The van der Waals surface area contributed by atoms with Crippen molar-refractivity contribution in [1.82, 2.24) is 23.8 Å². The highest BCUT2D eigenvalue weighted by molar-refractivity contribution is 7.98. The normalized spacial score (nSPS) is 12.4. The third-order valence-corrected chi connectivity index (χ3v) is 7.27. The number of ether oxygens (including phenoxy) is 3. The molecule has 0 aliphatic heterocycles. The van der Waals surface area contributed by atoms with Crippen LogP contribution in [0.5, 0.6) is 0 Å². The van der Waals surface area contributed by atoms with Crippen molar-refractivity contribution in [3.63, 3.8) is 0 Å². The van der Waals surface area contributed by atoms with Crippen molar-refractivity contribution in [3.05, 3.63) is 69.4 Å². The van der Waals surface area contributed by atoms with Crippen molar-refractivity contribution < 1.29 is 33.9 Å². The van der Waals surface area contributed by atoms with Crippen LogP contribution in [-0.2, 0) is 34.4 Å². The van der Waals surface area contributed by atoms with E-state index >= 15 is 0 Å². The van der Waals surface area contributed by atoms with Crippen LogP contribution in [0, 0.1) is 4.91 Å². The first-order valence-corrected chi connectivity index (χ1v) is 16.0. The molecule has 1 amide bonds. The van der Waals surface area contributed by atoms with Crippen LogP contribution >= 0.6 is 20.3 Å². The Labute approximate surface area is 266 Å². The molecule has 0 saturated heterocycles. The van der Waals surface area contributed by atoms with Gasteiger partial charge in [0.25, 0.3) is 5.95 Å². The molecule has 2 aromatic heterocycles. The molecule has 0 aliphatic rings. The molecule has 248 valence electrons. The number of aliphatic hydroxyl groups is 1. The SMILES string of the molecule is CC(C)c1ccc(SNC(=O)OCc2cnc(N=O)n2C)cc1.CC(CCO)OCC(Cn1ccc(N)nc1=O)OCP(O)O. The highest BCUT2D eigenvalue weighted by Gasteiger charge is 2.16. The lowest BCUT2D eigenvalue weighted by molar-refractivity contribution is -0.0405. The van der Waals surface area contributed by atoms with Crippen molar-refractivity contribution >= 4 is 38.2 Å². The average molecular weight is 670 g/mol. The zero-order valence-corrected chi connectivity index (χ0v) is 27.2. The Morgan fingerprint density at radius 3 is 2.47 bits per heavy atom. The fourth-order valence-electron chi connectivity index (χ4n) is 3.51. The molecule has 0 fully saturated rings. The van der Waals surface area contributed by atoms with Gasteiger partial charge in [-0.15, -0.1) is 4.91 Å². The number of imidazole rings is 1. The second kappa shape index (κ2) is 19.8. The molecule has 2 unspecified atom stereocenters. The fraction of sp³-hybridized carbons (Fsp3) is 0.481. The number of hydrogen-bond acceptors (Lipinski definition) is 14. The molecular weight excluding hydrogens is 629 g/mol. The summed E-state index contributed by atoms with van der Waals surface area (Å²) in [6.07, 6.45) is 1.86. The van der Waals surface area contributed by atoms with Crippen LogP contribution in [0.3, 0.4) is 0 Å². The molecule has 18 heteroatoms. The maximum absolute atomic E-state index is 11.7. The van der Waals surface area contributed by atoms with E-state index in [-0.39, 0.29) is 50.6 Å². The molecule has 0 bridgehead atoms. The number of anilines is 1. The zero-order chi connectivity index (χ0) is 33.4. The Bertz CT molecular complexity index is 1390. The number of aliphatic hydroxyl groups excluding tert-OH is 1. The summed E-state index contributed by atoms with van der Waals surface area (Å²) in [7, 11) is -0.564. The van der Waals surface area contributed by atoms with Crippen molar-refractivity contribution in [2.24, 2.45) is 12.2 Å². The Morgan fingerprint density at radius 1 is 1.18 bits per heavy atom. The number of carbonyl (C=O) groups is 1. The molecule has 2 heterocycles. The summed E-state index contributed by atoms with van der Waals surface area (Å²) in [5, 5.41) is 11.6. The number of nitrogens with one attached hydrogen (secondary N) is 1. The van der Waals surface area contributed by atoms with E-state index in [0.29, 0.717) is 18.0 Å². The predicted octanol–water partition coefficient (Wildman–Crippen LogP) is 3.13. The Morgan fingerprint density at radius 2 is 1.89 bits per heavy atom. The van der Waals surface area contributed by atoms with Gasteiger partial charge in [-0.25, -0.2) is 14.6 Å². The molecule has 0 saturated carbocycles. The van der Waals surface area contributed by atoms with Crippen LogP contribution in [0.1, 0.15) is 44.4 Å². The van der Waals surface area contributed by atoms with Crippen molar-refractivity contribution in [2.75, 3.05) is 25.3 Å². The lowest BCUT2D eigenvalue weighted by Gasteiger charge is -2.21. The van der Waals surface area contributed by atoms with Crippen molar-refractivity contribution in [2.45, 2.75) is 63.4 Å². The topological polar surface area (TPSA) is 226 Å². The maximum Gasteiger partial charge on any atom is 0.417 e. The smallest absolute Gasteiger partial charge is 0.417 e. The molecule has 0 aliphatic carbocycles. The number of carbonyl (C=O) groups excluding carboxylic acids is 1. The fourth-order valence-corrected chi connectivity index (χ4v) is 4.38. The number of nitrogens with two attached hydrogens (primary N) is 1. The van der Waals surface area contributed by atoms with Gasteiger partial charge in [0.1, 0.15) is 18.8 Å². The number of nitroso groups, excluding NO2 is 1. The van der Waals surface area contributed by atoms with E-state index in [1.54, 1.807) is 14.0 Å². The minimum Gasteiger partial charge on any atom is -0.442 e. The van der Waals surface area contributed by atoms with Gasteiger partial charge in [0, 0.05) is 29.9 Å². The summed E-state index contributed by atoms with van der Waals surface area (Å²) >= 11 is 1.18. The van der Waals surface area contributed by atoms with Gasteiger partial charge in [0.15, 0.2) is 8.38 Å². The second-order valence-corrected chi connectivity index (χ2v) is 11.8. The first kappa shape index (κ1) is 37.7. The Balaban J connectivity index is 0.000000314. The summed E-state index contributed by atoms with van der Waals surface area (Å²) in [4.78, 5) is 60.0. The van der Waals surface area contributed by atoms with Gasteiger partial charge in [0.2, 0.25) is 0 Å². The first-order valence-electron chi connectivity index (χ1n) is 13.8. The van der Waals surface area contributed by atoms with E-state index in [2.05, 4.69) is 33.7 Å². The lowest BCUT2D eigenvalue weighted by Crippen LogP contribution is -2.33. The third kappa shape index (κ3) is 14.0. The summed E-state index contributed by atoms with van der Waals surface area (Å²) in [6.45, 7) is 6.35. The summed E-state index contributed by atoms with van der Waals surface area (Å²) < 4.78 is 21.3. The minimum atomic E-state index is -2.19. The van der Waals surface area contributed by atoms with Crippen molar-refractivity contribution in [3.8, 4) is 0 Å². The molecule has 0 spiro atoms. The maximum atomic E-state index is 11.7. The van der Waals surface area contributed by atoms with E-state index < -0.39 is 26.3 Å². The molecule has 0 radical (unpaired) electrons. The van der Waals surface area contributed by atoms with E-state index in [9.17, 15) is 14.5 Å². The number of nitrogens with zero attached hydrogens (tertiary/aromatic N) is 5. The summed E-state index contributed by atoms with van der Waals surface area (Å²) in [5.41, 5.74) is 6.73. The monoisotopic (exact) mass is 669 g/mol. The van der Waals surface area contributed by atoms with Crippen LogP contribution in [-0.4, -0.2) is 71.9 Å². The van der Waals surface area contributed by atoms with E-state index in [0.717, 1.165) is 4.90 Å². The van der Waals surface area contributed by atoms with Gasteiger partial charge in [-0.05, 0) is 55.0 Å². The predicted molar refractivity (Wildman–Crippen MR) is 169 cm³/mol. The summed E-state index contributed by atoms with van der Waals surface area (Å²) in [5.74, 6) is 0.640. The molecule has 16 nitrogen and oxygen atoms in total. The molecule has 1 aromatic carbocycles. The molecular formula is C27H40N7O9PS. The van der Waals surface area contributed by atoms with E-state index in [1.165, 1.54) is 45.1 Å². The van der Waals surface area contributed by atoms with Gasteiger partial charge in [-0.1, -0.05) is 26.0 Å². The molecule has 45 heavy (non-hydrogen) atoms. The second-order valence-electron chi connectivity index (χ2n) is 9.94. The van der Waals surface area contributed by atoms with Crippen LogP contribution in [0.15, 0.2) is 57.6 Å². The van der Waals surface area contributed by atoms with Gasteiger partial charge in [-0.3, -0.25) is 9.29 Å². The van der Waals surface area contributed by atoms with E-state index in [1.807, 2.05) is 24.3 Å². The first-order chi connectivity index (χ1) is 21.4. The zero-order valence-electron chi connectivity index (χ0n) is 25.5. The average Bonchev–Trinajstić information content (AvgIpc) is 3.37. The Kier molecular flexibility index (Phi) is 16.6. The number of benzene rings is 1. The quantitative estimate of drug-likeness (QED) is 0.0840. The number of hydrogen-bond donors (Lipinski definition) is 5. The van der Waals surface area contributed by atoms with Crippen LogP contribution in [0.25, 0.3) is 0 Å². The largest absolute Gasteiger partial charge is 0.442 e.